The molecular weight excluding hydrogens is 455 g/mol. The zero-order chi connectivity index (χ0) is 28.3. The van der Waals surface area contributed by atoms with Gasteiger partial charge >= 0.3 is 0 Å². The lowest BCUT2D eigenvalue weighted by Crippen LogP contribution is -2.51. The summed E-state index contributed by atoms with van der Waals surface area (Å²) in [6.07, 6.45) is 1.03. The van der Waals surface area contributed by atoms with Crippen LogP contribution in [0.25, 0.3) is 0 Å². The summed E-state index contributed by atoms with van der Waals surface area (Å²) in [6, 6.07) is 21.4. The van der Waals surface area contributed by atoms with Gasteiger partial charge in [-0.15, -0.1) is 0 Å². The van der Waals surface area contributed by atoms with Crippen LogP contribution in [0, 0.1) is 0 Å². The van der Waals surface area contributed by atoms with E-state index >= 15 is 0 Å². The average molecular weight is 509 g/mol. The summed E-state index contributed by atoms with van der Waals surface area (Å²) in [4.78, 5) is 0. The van der Waals surface area contributed by atoms with Gasteiger partial charge < -0.3 is 0 Å². The van der Waals surface area contributed by atoms with Gasteiger partial charge in [-0.25, -0.2) is 0 Å². The zero-order valence-corrected chi connectivity index (χ0v) is 26.4. The maximum absolute atomic E-state index is 2.54. The summed E-state index contributed by atoms with van der Waals surface area (Å²) >= 11 is 0. The van der Waals surface area contributed by atoms with Crippen LogP contribution in [-0.4, -0.2) is 6.71 Å². The molecule has 38 heavy (non-hydrogen) atoms. The van der Waals surface area contributed by atoms with Crippen molar-refractivity contribution in [3.05, 3.63) is 93.5 Å². The molecule has 204 valence electrons. The third-order valence-electron chi connectivity index (χ3n) is 8.33. The lowest BCUT2D eigenvalue weighted by molar-refractivity contribution is 0.809. The molecule has 0 nitrogen and oxygen atoms in total. The van der Waals surface area contributed by atoms with Crippen LogP contribution in [0.15, 0.2) is 54.6 Å². The van der Waals surface area contributed by atoms with Crippen molar-refractivity contribution in [3.8, 4) is 0 Å². The van der Waals surface area contributed by atoms with Gasteiger partial charge in [0.15, 0.2) is 0 Å². The standard InChI is InChI=1S/C37H53B/c1-23(2)30-18-32(25(5)6)36(33(19-30)26(7)8)38(22-29-16-14-13-15-17-29)37-34(27(9)10)20-31(24(3)4)21-35(37)28(11)12/h13-21,23-28H,22H2,1-12H3. The van der Waals surface area contributed by atoms with Gasteiger partial charge in [-0.1, -0.05) is 154 Å². The minimum Gasteiger partial charge on any atom is -0.0670 e. The molecule has 0 aliphatic heterocycles. The van der Waals surface area contributed by atoms with Crippen molar-refractivity contribution < 1.29 is 0 Å². The maximum Gasteiger partial charge on any atom is 0.215 e. The van der Waals surface area contributed by atoms with Gasteiger partial charge in [0.05, 0.1) is 0 Å². The van der Waals surface area contributed by atoms with Crippen molar-refractivity contribution in [2.45, 2.75) is 125 Å². The monoisotopic (exact) mass is 508 g/mol. The van der Waals surface area contributed by atoms with Crippen LogP contribution < -0.4 is 10.9 Å². The molecule has 3 rings (SSSR count). The first-order chi connectivity index (χ1) is 17.8. The van der Waals surface area contributed by atoms with E-state index in [0.29, 0.717) is 42.2 Å². The molecular formula is C37H53B. The van der Waals surface area contributed by atoms with Crippen molar-refractivity contribution in [2.75, 3.05) is 0 Å². The Bertz CT molecular complexity index is 1060. The molecule has 3 aromatic rings. The third kappa shape index (κ3) is 6.64. The molecule has 0 aromatic heterocycles. The number of hydrogen-bond acceptors (Lipinski definition) is 0. The van der Waals surface area contributed by atoms with Crippen molar-refractivity contribution in [3.63, 3.8) is 0 Å². The van der Waals surface area contributed by atoms with Gasteiger partial charge in [0.2, 0.25) is 6.71 Å². The van der Waals surface area contributed by atoms with Crippen LogP contribution in [0.3, 0.4) is 0 Å². The molecule has 0 radical (unpaired) electrons. The number of benzene rings is 3. The minimum atomic E-state index is 0.324. The van der Waals surface area contributed by atoms with Crippen molar-refractivity contribution >= 4 is 17.6 Å². The quantitative estimate of drug-likeness (QED) is 0.239. The predicted octanol–water partition coefficient (Wildman–Crippen LogP) is 9.82. The fourth-order valence-corrected chi connectivity index (χ4v) is 6.03. The van der Waals surface area contributed by atoms with E-state index in [4.69, 9.17) is 0 Å². The smallest absolute Gasteiger partial charge is 0.0670 e. The highest BCUT2D eigenvalue weighted by molar-refractivity contribution is 6.86. The molecule has 0 saturated carbocycles. The first kappa shape index (κ1) is 30.3. The topological polar surface area (TPSA) is 0 Å². The first-order valence-corrected chi connectivity index (χ1v) is 15.2. The molecule has 0 heterocycles. The van der Waals surface area contributed by atoms with E-state index in [1.807, 2.05) is 0 Å². The van der Waals surface area contributed by atoms with Crippen LogP contribution >= 0.6 is 0 Å². The molecule has 0 amide bonds. The van der Waals surface area contributed by atoms with E-state index in [1.54, 1.807) is 10.9 Å². The second-order valence-electron chi connectivity index (χ2n) is 13.4. The Labute approximate surface area is 235 Å². The molecule has 0 aliphatic rings. The Hall–Kier alpha value is -2.28. The van der Waals surface area contributed by atoms with Crippen LogP contribution in [0.2, 0.25) is 0 Å². The van der Waals surface area contributed by atoms with Gasteiger partial charge in [-0.3, -0.25) is 0 Å². The Morgan fingerprint density at radius 3 is 1.03 bits per heavy atom. The third-order valence-corrected chi connectivity index (χ3v) is 8.33. The van der Waals surface area contributed by atoms with Gasteiger partial charge in [-0.05, 0) is 75.2 Å². The normalized spacial score (nSPS) is 12.2. The lowest BCUT2D eigenvalue weighted by atomic mass is 9.33. The molecule has 0 unspecified atom stereocenters. The lowest BCUT2D eigenvalue weighted by Gasteiger charge is -2.32. The van der Waals surface area contributed by atoms with E-state index in [1.165, 1.54) is 38.9 Å². The Kier molecular flexibility index (Phi) is 10.1. The zero-order valence-electron chi connectivity index (χ0n) is 26.4. The highest BCUT2D eigenvalue weighted by atomic mass is 14.2. The van der Waals surface area contributed by atoms with Crippen LogP contribution in [-0.2, 0) is 6.32 Å². The van der Waals surface area contributed by atoms with Crippen LogP contribution in [0.1, 0.15) is 158 Å². The molecule has 0 spiro atoms. The van der Waals surface area contributed by atoms with E-state index in [2.05, 4.69) is 138 Å². The molecule has 0 fully saturated rings. The van der Waals surface area contributed by atoms with Crippen molar-refractivity contribution in [1.82, 2.24) is 0 Å². The summed E-state index contributed by atoms with van der Waals surface area (Å²) in [5, 5.41) is 0. The fourth-order valence-electron chi connectivity index (χ4n) is 6.03. The van der Waals surface area contributed by atoms with E-state index in [-0.39, 0.29) is 0 Å². The van der Waals surface area contributed by atoms with Crippen LogP contribution in [0.5, 0.6) is 0 Å². The minimum absolute atomic E-state index is 0.324. The maximum atomic E-state index is 2.54. The largest absolute Gasteiger partial charge is 0.215 e. The van der Waals surface area contributed by atoms with Gasteiger partial charge in [0, 0.05) is 0 Å². The molecule has 1 heteroatoms. The number of rotatable bonds is 10. The van der Waals surface area contributed by atoms with E-state index in [9.17, 15) is 0 Å². The molecule has 0 saturated heterocycles. The Morgan fingerprint density at radius 2 is 0.763 bits per heavy atom. The van der Waals surface area contributed by atoms with Crippen molar-refractivity contribution in [2.24, 2.45) is 0 Å². The van der Waals surface area contributed by atoms with E-state index in [0.717, 1.165) is 6.32 Å². The first-order valence-electron chi connectivity index (χ1n) is 15.2. The summed E-state index contributed by atoms with van der Waals surface area (Å²) < 4.78 is 0. The summed E-state index contributed by atoms with van der Waals surface area (Å²) in [5.74, 6) is 2.93. The molecule has 0 bridgehead atoms. The second kappa shape index (κ2) is 12.7. The van der Waals surface area contributed by atoms with Gasteiger partial charge in [-0.2, -0.15) is 0 Å². The summed E-state index contributed by atoms with van der Waals surface area (Å²) in [6.45, 7) is 28.8. The van der Waals surface area contributed by atoms with Gasteiger partial charge in [0.1, 0.15) is 0 Å². The van der Waals surface area contributed by atoms with E-state index < -0.39 is 0 Å². The summed E-state index contributed by atoms with van der Waals surface area (Å²) in [5.41, 5.74) is 13.7. The summed E-state index contributed by atoms with van der Waals surface area (Å²) in [7, 11) is 0. The second-order valence-corrected chi connectivity index (χ2v) is 13.4. The van der Waals surface area contributed by atoms with Crippen molar-refractivity contribution in [1.29, 1.82) is 0 Å². The Balaban J connectivity index is 2.51. The average Bonchev–Trinajstić information content (AvgIpc) is 2.86. The predicted molar refractivity (Wildman–Crippen MR) is 173 cm³/mol. The fraction of sp³-hybridized carbons (Fsp3) is 0.514. The molecule has 0 N–H and O–H groups in total. The van der Waals surface area contributed by atoms with Crippen LogP contribution in [0.4, 0.5) is 0 Å². The van der Waals surface area contributed by atoms with Gasteiger partial charge in [0.25, 0.3) is 0 Å². The Morgan fingerprint density at radius 1 is 0.447 bits per heavy atom. The SMILES string of the molecule is CC(C)c1cc(C(C)C)c(B(Cc2ccccc2)c2c(C(C)C)cc(C(C)C)cc2C(C)C)c(C(C)C)c1. The highest BCUT2D eigenvalue weighted by Gasteiger charge is 2.33. The molecule has 3 aromatic carbocycles. The number of hydrogen-bond donors (Lipinski definition) is 0. The highest BCUT2D eigenvalue weighted by Crippen LogP contribution is 2.31. The molecule has 0 aliphatic carbocycles. The molecule has 0 atom stereocenters.